The molecule has 4 heteroatoms. The van der Waals surface area contributed by atoms with Gasteiger partial charge < -0.3 is 14.8 Å². The molecule has 2 aromatic rings. The first-order chi connectivity index (χ1) is 12.4. The summed E-state index contributed by atoms with van der Waals surface area (Å²) in [6.45, 7) is 7.88. The number of rotatable bonds is 8. The third-order valence-electron chi connectivity index (χ3n) is 3.61. The minimum atomic E-state index is -0.0671. The van der Waals surface area contributed by atoms with E-state index in [4.69, 9.17) is 9.47 Å². The average Bonchev–Trinajstić information content (AvgIpc) is 2.60. The minimum Gasteiger partial charge on any atom is -0.490 e. The van der Waals surface area contributed by atoms with Crippen molar-refractivity contribution in [2.75, 3.05) is 12.4 Å². The molecule has 0 saturated heterocycles. The van der Waals surface area contributed by atoms with E-state index in [-0.39, 0.29) is 18.0 Å². The summed E-state index contributed by atoms with van der Waals surface area (Å²) in [7, 11) is 1.85. The predicted octanol–water partition coefficient (Wildman–Crippen LogP) is 5.20. The fourth-order valence-electron chi connectivity index (χ4n) is 2.46. The normalized spacial score (nSPS) is 11.2. The van der Waals surface area contributed by atoms with Crippen LogP contribution in [0.15, 0.2) is 48.5 Å². The van der Waals surface area contributed by atoms with Crippen molar-refractivity contribution < 1.29 is 14.3 Å². The van der Waals surface area contributed by atoms with E-state index >= 15 is 0 Å². The molecule has 0 aliphatic rings. The maximum Gasteiger partial charge on any atom is 0.185 e. The van der Waals surface area contributed by atoms with E-state index in [0.29, 0.717) is 17.1 Å². The van der Waals surface area contributed by atoms with E-state index in [2.05, 4.69) is 5.32 Å². The number of allylic oxidation sites excluding steroid dienone is 1. The van der Waals surface area contributed by atoms with Crippen LogP contribution in [-0.2, 0) is 0 Å². The Bertz CT molecular complexity index is 733. The maximum absolute atomic E-state index is 12.5. The Morgan fingerprint density at radius 2 is 1.46 bits per heavy atom. The Morgan fingerprint density at radius 3 is 1.92 bits per heavy atom. The van der Waals surface area contributed by atoms with Gasteiger partial charge in [0.15, 0.2) is 5.78 Å². The molecule has 1 N–H and O–H groups in total. The lowest BCUT2D eigenvalue weighted by molar-refractivity contribution is 0.104. The Kier molecular flexibility index (Phi) is 6.84. The fourth-order valence-corrected chi connectivity index (χ4v) is 2.46. The summed E-state index contributed by atoms with van der Waals surface area (Å²) in [5.74, 6) is 1.34. The monoisotopic (exact) mass is 353 g/mol. The molecule has 0 heterocycles. The first-order valence-electron chi connectivity index (χ1n) is 8.87. The molecular weight excluding hydrogens is 326 g/mol. The van der Waals surface area contributed by atoms with Crippen LogP contribution in [0.3, 0.4) is 0 Å². The van der Waals surface area contributed by atoms with Crippen molar-refractivity contribution in [2.45, 2.75) is 39.9 Å². The second-order valence-electron chi connectivity index (χ2n) is 6.53. The van der Waals surface area contributed by atoms with E-state index in [1.165, 1.54) is 0 Å². The third-order valence-corrected chi connectivity index (χ3v) is 3.61. The Morgan fingerprint density at radius 1 is 0.923 bits per heavy atom. The van der Waals surface area contributed by atoms with Gasteiger partial charge in [-0.05, 0) is 76.2 Å². The summed E-state index contributed by atoms with van der Waals surface area (Å²) in [6.07, 6.45) is 3.39. The highest BCUT2D eigenvalue weighted by Crippen LogP contribution is 2.31. The molecule has 0 aliphatic heterocycles. The summed E-state index contributed by atoms with van der Waals surface area (Å²) in [4.78, 5) is 12.5. The number of ether oxygens (including phenoxy) is 2. The highest BCUT2D eigenvalue weighted by Gasteiger charge is 2.12. The molecule has 0 atom stereocenters. The quantitative estimate of drug-likeness (QED) is 0.523. The van der Waals surface area contributed by atoms with Crippen LogP contribution in [-0.4, -0.2) is 25.0 Å². The summed E-state index contributed by atoms with van der Waals surface area (Å²) in [5.41, 5.74) is 2.37. The van der Waals surface area contributed by atoms with Crippen LogP contribution in [0.2, 0.25) is 0 Å². The molecule has 138 valence electrons. The van der Waals surface area contributed by atoms with Crippen molar-refractivity contribution in [3.05, 3.63) is 59.7 Å². The topological polar surface area (TPSA) is 47.6 Å². The molecule has 0 fully saturated rings. The van der Waals surface area contributed by atoms with Crippen LogP contribution >= 0.6 is 0 Å². The number of ketones is 1. The van der Waals surface area contributed by atoms with E-state index < -0.39 is 0 Å². The molecule has 0 aliphatic carbocycles. The van der Waals surface area contributed by atoms with Crippen molar-refractivity contribution in [1.82, 2.24) is 0 Å². The van der Waals surface area contributed by atoms with E-state index in [1.54, 1.807) is 24.3 Å². The summed E-state index contributed by atoms with van der Waals surface area (Å²) in [6, 6.07) is 13.0. The summed E-state index contributed by atoms with van der Waals surface area (Å²) < 4.78 is 11.8. The molecule has 0 aromatic heterocycles. The zero-order valence-electron chi connectivity index (χ0n) is 16.1. The Balaban J connectivity index is 2.32. The number of carbonyl (C=O) groups is 1. The molecule has 26 heavy (non-hydrogen) atoms. The smallest absolute Gasteiger partial charge is 0.185 e. The van der Waals surface area contributed by atoms with E-state index in [0.717, 1.165) is 11.3 Å². The van der Waals surface area contributed by atoms with Crippen LogP contribution in [0.5, 0.6) is 11.5 Å². The number of carbonyl (C=O) groups excluding carboxylic acids is 1. The third kappa shape index (κ3) is 5.38. The van der Waals surface area contributed by atoms with Crippen molar-refractivity contribution in [2.24, 2.45) is 0 Å². The molecular formula is C22H27NO3. The van der Waals surface area contributed by atoms with Crippen LogP contribution in [0, 0.1) is 0 Å². The average molecular weight is 353 g/mol. The number of anilines is 1. The second kappa shape index (κ2) is 9.09. The lowest BCUT2D eigenvalue weighted by atomic mass is 10.1. The number of hydrogen-bond acceptors (Lipinski definition) is 4. The second-order valence-corrected chi connectivity index (χ2v) is 6.53. The zero-order valence-corrected chi connectivity index (χ0v) is 16.1. The fraction of sp³-hybridized carbons (Fsp3) is 0.318. The van der Waals surface area contributed by atoms with Gasteiger partial charge in [-0.2, -0.15) is 0 Å². The molecule has 0 saturated carbocycles. The van der Waals surface area contributed by atoms with Crippen LogP contribution < -0.4 is 14.8 Å². The standard InChI is InChI=1S/C22H27NO3/c1-15(2)25-21-7-6-8-22(26-16(3)4)19(21)13-14-20(24)17-9-11-18(23-5)12-10-17/h6-16,23H,1-5H3. The predicted molar refractivity (Wildman–Crippen MR) is 107 cm³/mol. The van der Waals surface area contributed by atoms with Gasteiger partial charge in [-0.15, -0.1) is 0 Å². The van der Waals surface area contributed by atoms with Gasteiger partial charge in [-0.3, -0.25) is 4.79 Å². The molecule has 0 radical (unpaired) electrons. The van der Waals surface area contributed by atoms with E-state index in [1.807, 2.05) is 65.1 Å². The first kappa shape index (κ1) is 19.6. The number of nitrogens with one attached hydrogen (secondary N) is 1. The maximum atomic E-state index is 12.5. The van der Waals surface area contributed by atoms with Gasteiger partial charge in [-0.25, -0.2) is 0 Å². The molecule has 2 aromatic carbocycles. The van der Waals surface area contributed by atoms with E-state index in [9.17, 15) is 4.79 Å². The summed E-state index contributed by atoms with van der Waals surface area (Å²) >= 11 is 0. The van der Waals surface area contributed by atoms with Crippen LogP contribution in [0.25, 0.3) is 6.08 Å². The van der Waals surface area contributed by atoms with Crippen LogP contribution in [0.1, 0.15) is 43.6 Å². The largest absolute Gasteiger partial charge is 0.490 e. The van der Waals surface area contributed by atoms with Crippen molar-refractivity contribution in [3.63, 3.8) is 0 Å². The Labute approximate surface area is 155 Å². The van der Waals surface area contributed by atoms with Crippen LogP contribution in [0.4, 0.5) is 5.69 Å². The van der Waals surface area contributed by atoms with Gasteiger partial charge in [0, 0.05) is 18.3 Å². The first-order valence-corrected chi connectivity index (χ1v) is 8.87. The number of benzene rings is 2. The van der Waals surface area contributed by atoms with Gasteiger partial charge in [-0.1, -0.05) is 6.07 Å². The Hall–Kier alpha value is -2.75. The van der Waals surface area contributed by atoms with Gasteiger partial charge >= 0.3 is 0 Å². The van der Waals surface area contributed by atoms with Crippen molar-refractivity contribution in [3.8, 4) is 11.5 Å². The zero-order chi connectivity index (χ0) is 19.1. The number of hydrogen-bond donors (Lipinski definition) is 1. The SMILES string of the molecule is CNc1ccc(C(=O)C=Cc2c(OC(C)C)cccc2OC(C)C)cc1. The molecule has 0 amide bonds. The molecule has 0 spiro atoms. The molecule has 4 nitrogen and oxygen atoms in total. The molecule has 0 unspecified atom stereocenters. The lowest BCUT2D eigenvalue weighted by Crippen LogP contribution is -2.10. The molecule has 2 rings (SSSR count). The lowest BCUT2D eigenvalue weighted by Gasteiger charge is -2.17. The van der Waals surface area contributed by atoms with Crippen molar-refractivity contribution >= 4 is 17.5 Å². The summed E-state index contributed by atoms with van der Waals surface area (Å²) in [5, 5.41) is 3.04. The minimum absolute atomic E-state index is 0.0289. The molecule has 0 bridgehead atoms. The van der Waals surface area contributed by atoms with Gasteiger partial charge in [0.1, 0.15) is 11.5 Å². The highest BCUT2D eigenvalue weighted by atomic mass is 16.5. The van der Waals surface area contributed by atoms with Gasteiger partial charge in [0.05, 0.1) is 17.8 Å². The van der Waals surface area contributed by atoms with Gasteiger partial charge in [0.2, 0.25) is 0 Å². The highest BCUT2D eigenvalue weighted by molar-refractivity contribution is 6.07. The van der Waals surface area contributed by atoms with Gasteiger partial charge in [0.25, 0.3) is 0 Å². The van der Waals surface area contributed by atoms with Crippen molar-refractivity contribution in [1.29, 1.82) is 0 Å².